The van der Waals surface area contributed by atoms with Crippen LogP contribution in [0.1, 0.15) is 22.7 Å². The molecule has 0 bridgehead atoms. The number of carbonyl (C=O) groups excluding carboxylic acids is 1. The van der Waals surface area contributed by atoms with Gasteiger partial charge in [0.1, 0.15) is 18.2 Å². The molecule has 0 spiro atoms. The lowest BCUT2D eigenvalue weighted by molar-refractivity contribution is 0.0935. The van der Waals surface area contributed by atoms with E-state index in [2.05, 4.69) is 10.5 Å². The van der Waals surface area contributed by atoms with Crippen LogP contribution in [0, 0.1) is 11.7 Å². The molecule has 1 aromatic heterocycles. The lowest BCUT2D eigenvalue weighted by Crippen LogP contribution is -2.29. The molecule has 1 amide bonds. The van der Waals surface area contributed by atoms with Crippen LogP contribution in [-0.2, 0) is 11.3 Å². The molecule has 0 radical (unpaired) electrons. The summed E-state index contributed by atoms with van der Waals surface area (Å²) in [5, 5.41) is 6.52. The van der Waals surface area contributed by atoms with Gasteiger partial charge in [-0.15, -0.1) is 0 Å². The molecule has 122 valence electrons. The van der Waals surface area contributed by atoms with Crippen LogP contribution in [0.25, 0.3) is 0 Å². The Morgan fingerprint density at radius 2 is 2.35 bits per heavy atom. The second kappa shape index (κ2) is 7.23. The van der Waals surface area contributed by atoms with Crippen LogP contribution in [-0.4, -0.2) is 30.8 Å². The average molecular weight is 320 g/mol. The van der Waals surface area contributed by atoms with Crippen molar-refractivity contribution >= 4 is 5.91 Å². The van der Waals surface area contributed by atoms with Gasteiger partial charge in [0.25, 0.3) is 5.91 Å². The number of hydrogen-bond donors (Lipinski definition) is 1. The highest BCUT2D eigenvalue weighted by atomic mass is 19.1. The first-order valence-corrected chi connectivity index (χ1v) is 7.40. The smallest absolute Gasteiger partial charge is 0.273 e. The van der Waals surface area contributed by atoms with Crippen molar-refractivity contribution < 1.29 is 23.2 Å². The second-order valence-corrected chi connectivity index (χ2v) is 5.36. The van der Waals surface area contributed by atoms with Crippen LogP contribution in [0.4, 0.5) is 4.39 Å². The second-order valence-electron chi connectivity index (χ2n) is 5.36. The summed E-state index contributed by atoms with van der Waals surface area (Å²) >= 11 is 0. The third kappa shape index (κ3) is 4.29. The number of halogens is 1. The zero-order valence-corrected chi connectivity index (χ0v) is 12.5. The molecule has 1 N–H and O–H groups in total. The largest absolute Gasteiger partial charge is 0.485 e. The maximum atomic E-state index is 13.0. The number of hydrogen-bond acceptors (Lipinski definition) is 5. The Hall–Kier alpha value is -2.41. The Balaban J connectivity index is 1.49. The molecule has 6 nitrogen and oxygen atoms in total. The topological polar surface area (TPSA) is 73.6 Å². The van der Waals surface area contributed by atoms with Gasteiger partial charge in [-0.25, -0.2) is 4.39 Å². The number of nitrogens with zero attached hydrogens (tertiary/aromatic N) is 1. The quantitative estimate of drug-likeness (QED) is 0.883. The van der Waals surface area contributed by atoms with Gasteiger partial charge in [-0.05, 0) is 18.6 Å². The van der Waals surface area contributed by atoms with Crippen LogP contribution in [0.3, 0.4) is 0 Å². The summed E-state index contributed by atoms with van der Waals surface area (Å²) in [6.45, 7) is 2.04. The highest BCUT2D eigenvalue weighted by Crippen LogP contribution is 2.15. The average Bonchev–Trinajstić information content (AvgIpc) is 3.22. The number of amides is 1. The molecule has 1 aliphatic rings. The molecule has 1 saturated heterocycles. The molecule has 1 aromatic carbocycles. The van der Waals surface area contributed by atoms with Crippen LogP contribution < -0.4 is 10.1 Å². The van der Waals surface area contributed by atoms with Gasteiger partial charge >= 0.3 is 0 Å². The summed E-state index contributed by atoms with van der Waals surface area (Å²) in [6, 6.07) is 7.31. The molecule has 1 unspecified atom stereocenters. The predicted molar refractivity (Wildman–Crippen MR) is 78.5 cm³/mol. The number of nitrogens with one attached hydrogen (secondary N) is 1. The first-order valence-electron chi connectivity index (χ1n) is 7.40. The van der Waals surface area contributed by atoms with E-state index < -0.39 is 0 Å². The monoisotopic (exact) mass is 320 g/mol. The van der Waals surface area contributed by atoms with E-state index in [1.54, 1.807) is 12.1 Å². The fourth-order valence-electron chi connectivity index (χ4n) is 2.27. The number of benzene rings is 1. The highest BCUT2D eigenvalue weighted by Gasteiger charge is 2.18. The third-order valence-electron chi connectivity index (χ3n) is 3.54. The number of ether oxygens (including phenoxy) is 2. The first-order chi connectivity index (χ1) is 11.2. The Morgan fingerprint density at radius 1 is 1.43 bits per heavy atom. The van der Waals surface area contributed by atoms with Crippen LogP contribution in [0.15, 0.2) is 34.9 Å². The van der Waals surface area contributed by atoms with Gasteiger partial charge in [0.05, 0.1) is 6.61 Å². The maximum absolute atomic E-state index is 13.0. The molecular weight excluding hydrogens is 303 g/mol. The fourth-order valence-corrected chi connectivity index (χ4v) is 2.27. The zero-order chi connectivity index (χ0) is 16.1. The van der Waals surface area contributed by atoms with Gasteiger partial charge in [0.2, 0.25) is 0 Å². The zero-order valence-electron chi connectivity index (χ0n) is 12.5. The number of carbonyl (C=O) groups is 1. The lowest BCUT2D eigenvalue weighted by atomic mass is 10.1. The van der Waals surface area contributed by atoms with E-state index in [-0.39, 0.29) is 24.0 Å². The van der Waals surface area contributed by atoms with Crippen molar-refractivity contribution in [1.82, 2.24) is 10.5 Å². The van der Waals surface area contributed by atoms with Crippen molar-refractivity contribution in [1.29, 1.82) is 0 Å². The molecule has 2 aromatic rings. The molecule has 3 rings (SSSR count). The first kappa shape index (κ1) is 15.5. The molecule has 0 saturated carbocycles. The highest BCUT2D eigenvalue weighted by molar-refractivity contribution is 5.92. The molecule has 1 aliphatic heterocycles. The molecular formula is C16H17FN2O4. The van der Waals surface area contributed by atoms with Crippen molar-refractivity contribution in [3.8, 4) is 5.75 Å². The molecule has 7 heteroatoms. The minimum Gasteiger partial charge on any atom is -0.485 e. The lowest BCUT2D eigenvalue weighted by Gasteiger charge is -2.07. The van der Waals surface area contributed by atoms with E-state index in [0.29, 0.717) is 30.6 Å². The van der Waals surface area contributed by atoms with Crippen molar-refractivity contribution in [3.63, 3.8) is 0 Å². The number of rotatable bonds is 6. The molecule has 1 atom stereocenters. The summed E-state index contributed by atoms with van der Waals surface area (Å²) in [4.78, 5) is 12.0. The minimum absolute atomic E-state index is 0.0696. The number of aromatic nitrogens is 1. The van der Waals surface area contributed by atoms with Gasteiger partial charge < -0.3 is 19.3 Å². The Bertz CT molecular complexity index is 668. The third-order valence-corrected chi connectivity index (χ3v) is 3.54. The van der Waals surface area contributed by atoms with E-state index in [9.17, 15) is 9.18 Å². The van der Waals surface area contributed by atoms with E-state index in [4.69, 9.17) is 14.0 Å². The van der Waals surface area contributed by atoms with Crippen molar-refractivity contribution in [2.75, 3.05) is 19.8 Å². The van der Waals surface area contributed by atoms with Crippen molar-refractivity contribution in [2.24, 2.45) is 5.92 Å². The Kier molecular flexibility index (Phi) is 4.87. The minimum atomic E-state index is -0.379. The summed E-state index contributed by atoms with van der Waals surface area (Å²) < 4.78 is 28.7. The van der Waals surface area contributed by atoms with Gasteiger partial charge in [0, 0.05) is 31.2 Å². The summed E-state index contributed by atoms with van der Waals surface area (Å²) in [5.74, 6) is 0.451. The van der Waals surface area contributed by atoms with Crippen LogP contribution >= 0.6 is 0 Å². The van der Waals surface area contributed by atoms with Crippen LogP contribution in [0.2, 0.25) is 0 Å². The SMILES string of the molecule is O=C(NCC1CCOC1)c1cc(COc2cccc(F)c2)on1. The standard InChI is InChI=1S/C16H17FN2O4/c17-12-2-1-3-13(6-12)22-10-14-7-15(19-23-14)16(20)18-8-11-4-5-21-9-11/h1-3,6-7,11H,4-5,8-10H2,(H,18,20). The van der Waals surface area contributed by atoms with Gasteiger partial charge in [-0.3, -0.25) is 4.79 Å². The summed E-state index contributed by atoms with van der Waals surface area (Å²) in [7, 11) is 0. The van der Waals surface area contributed by atoms with Gasteiger partial charge in [0.15, 0.2) is 11.5 Å². The molecule has 0 aliphatic carbocycles. The van der Waals surface area contributed by atoms with Gasteiger partial charge in [-0.1, -0.05) is 11.2 Å². The van der Waals surface area contributed by atoms with E-state index in [1.165, 1.54) is 18.2 Å². The molecule has 2 heterocycles. The predicted octanol–water partition coefficient (Wildman–Crippen LogP) is 2.16. The Labute approximate surface area is 132 Å². The molecule has 23 heavy (non-hydrogen) atoms. The van der Waals surface area contributed by atoms with Crippen LogP contribution in [0.5, 0.6) is 5.75 Å². The summed E-state index contributed by atoms with van der Waals surface area (Å²) in [5.41, 5.74) is 0.196. The van der Waals surface area contributed by atoms with Crippen molar-refractivity contribution in [2.45, 2.75) is 13.0 Å². The van der Waals surface area contributed by atoms with Gasteiger partial charge in [-0.2, -0.15) is 0 Å². The van der Waals surface area contributed by atoms with E-state index in [0.717, 1.165) is 13.0 Å². The van der Waals surface area contributed by atoms with Crippen molar-refractivity contribution in [3.05, 3.63) is 47.6 Å². The van der Waals surface area contributed by atoms with E-state index in [1.807, 2.05) is 0 Å². The van der Waals surface area contributed by atoms with E-state index >= 15 is 0 Å². The Morgan fingerprint density at radius 3 is 3.13 bits per heavy atom. The summed E-state index contributed by atoms with van der Waals surface area (Å²) in [6.07, 6.45) is 0.950. The normalized spacial score (nSPS) is 17.2. The molecule has 1 fully saturated rings. The fraction of sp³-hybridized carbons (Fsp3) is 0.375. The maximum Gasteiger partial charge on any atom is 0.273 e.